The lowest BCUT2D eigenvalue weighted by molar-refractivity contribution is -0.119. The molecule has 0 aromatic carbocycles. The Hall–Kier alpha value is -0.890. The number of amides is 1. The maximum absolute atomic E-state index is 12.5. The van der Waals surface area contributed by atoms with Gasteiger partial charge in [0.15, 0.2) is 0 Å². The number of carbonyl (C=O) groups excluding carboxylic acids is 1. The maximum Gasteiger partial charge on any atom is 0.244 e. The molecule has 1 fully saturated rings. The molecule has 21 heavy (non-hydrogen) atoms. The van der Waals surface area contributed by atoms with E-state index >= 15 is 0 Å². The standard InChI is InChI=1S/C12H15Cl2N3O3S/c13-10-6-9(7-16-12(10)14)21(19,20)17-3-1-8(2-4-17)5-11(15)18/h6-8H,1-5H2,(H2,15,18). The van der Waals surface area contributed by atoms with Gasteiger partial charge >= 0.3 is 0 Å². The van der Waals surface area contributed by atoms with Crippen LogP contribution in [0.3, 0.4) is 0 Å². The molecule has 1 amide bonds. The van der Waals surface area contributed by atoms with Crippen molar-refractivity contribution in [3.8, 4) is 0 Å². The van der Waals surface area contributed by atoms with Crippen LogP contribution in [0.25, 0.3) is 0 Å². The van der Waals surface area contributed by atoms with E-state index in [4.69, 9.17) is 28.9 Å². The summed E-state index contributed by atoms with van der Waals surface area (Å²) in [6.07, 6.45) is 2.70. The Bertz CT molecular complexity index is 643. The zero-order valence-electron chi connectivity index (χ0n) is 11.1. The Morgan fingerprint density at radius 1 is 1.38 bits per heavy atom. The van der Waals surface area contributed by atoms with Crippen molar-refractivity contribution >= 4 is 39.1 Å². The summed E-state index contributed by atoms with van der Waals surface area (Å²) in [5.74, 6) is -0.217. The first-order valence-corrected chi connectivity index (χ1v) is 8.60. The van der Waals surface area contributed by atoms with Crippen molar-refractivity contribution in [3.05, 3.63) is 22.4 Å². The lowest BCUT2D eigenvalue weighted by atomic mass is 9.94. The van der Waals surface area contributed by atoms with Gasteiger partial charge in [-0.25, -0.2) is 13.4 Å². The molecular weight excluding hydrogens is 337 g/mol. The predicted octanol–water partition coefficient (Wildman–Crippen LogP) is 1.66. The van der Waals surface area contributed by atoms with E-state index in [0.29, 0.717) is 32.4 Å². The SMILES string of the molecule is NC(=O)CC1CCN(S(=O)(=O)c2cnc(Cl)c(Cl)c2)CC1. The van der Waals surface area contributed by atoms with Gasteiger partial charge in [0.2, 0.25) is 15.9 Å². The highest BCUT2D eigenvalue weighted by molar-refractivity contribution is 7.89. The second kappa shape index (κ2) is 6.48. The van der Waals surface area contributed by atoms with Gasteiger partial charge in [-0.2, -0.15) is 4.31 Å². The summed E-state index contributed by atoms with van der Waals surface area (Å²) >= 11 is 11.5. The van der Waals surface area contributed by atoms with Gasteiger partial charge in [-0.3, -0.25) is 4.79 Å². The molecule has 0 atom stereocenters. The van der Waals surface area contributed by atoms with Crippen molar-refractivity contribution in [1.29, 1.82) is 0 Å². The van der Waals surface area contributed by atoms with E-state index in [-0.39, 0.29) is 26.9 Å². The van der Waals surface area contributed by atoms with Gasteiger partial charge in [0.1, 0.15) is 10.0 Å². The fourth-order valence-corrected chi connectivity index (χ4v) is 4.11. The quantitative estimate of drug-likeness (QED) is 0.834. The van der Waals surface area contributed by atoms with Gasteiger partial charge < -0.3 is 5.73 Å². The molecule has 1 aliphatic heterocycles. The number of nitrogens with two attached hydrogens (primary N) is 1. The number of nitrogens with zero attached hydrogens (tertiary/aromatic N) is 2. The number of carbonyl (C=O) groups is 1. The average molecular weight is 352 g/mol. The van der Waals surface area contributed by atoms with Crippen LogP contribution in [0, 0.1) is 5.92 Å². The first-order valence-electron chi connectivity index (χ1n) is 6.40. The molecule has 2 N–H and O–H groups in total. The Morgan fingerprint density at radius 3 is 2.52 bits per heavy atom. The highest BCUT2D eigenvalue weighted by Crippen LogP contribution is 2.28. The van der Waals surface area contributed by atoms with Crippen LogP contribution in [0.1, 0.15) is 19.3 Å². The van der Waals surface area contributed by atoms with Gasteiger partial charge in [0.05, 0.1) is 5.02 Å². The summed E-state index contributed by atoms with van der Waals surface area (Å²) in [6.45, 7) is 0.695. The monoisotopic (exact) mass is 351 g/mol. The summed E-state index contributed by atoms with van der Waals surface area (Å²) in [7, 11) is -3.64. The molecule has 116 valence electrons. The predicted molar refractivity (Wildman–Crippen MR) is 79.6 cm³/mol. The van der Waals surface area contributed by atoms with Crippen LogP contribution in [-0.2, 0) is 14.8 Å². The van der Waals surface area contributed by atoms with E-state index in [0.717, 1.165) is 0 Å². The van der Waals surface area contributed by atoms with Crippen LogP contribution in [-0.4, -0.2) is 36.7 Å². The Morgan fingerprint density at radius 2 is 2.00 bits per heavy atom. The third-order valence-electron chi connectivity index (χ3n) is 3.47. The molecule has 0 aliphatic carbocycles. The highest BCUT2D eigenvalue weighted by Gasteiger charge is 2.30. The van der Waals surface area contributed by atoms with Gasteiger partial charge in [0.25, 0.3) is 0 Å². The first kappa shape index (κ1) is 16.5. The number of aromatic nitrogens is 1. The third kappa shape index (κ3) is 3.85. The number of halogens is 2. The van der Waals surface area contributed by atoms with Crippen LogP contribution < -0.4 is 5.73 Å². The second-order valence-electron chi connectivity index (χ2n) is 4.96. The molecule has 0 bridgehead atoms. The zero-order chi connectivity index (χ0) is 15.6. The number of hydrogen-bond acceptors (Lipinski definition) is 4. The van der Waals surface area contributed by atoms with E-state index in [9.17, 15) is 13.2 Å². The average Bonchev–Trinajstić information content (AvgIpc) is 2.41. The fraction of sp³-hybridized carbons (Fsp3) is 0.500. The topological polar surface area (TPSA) is 93.4 Å². The van der Waals surface area contributed by atoms with E-state index in [2.05, 4.69) is 4.98 Å². The van der Waals surface area contributed by atoms with Crippen LogP contribution >= 0.6 is 23.2 Å². The third-order valence-corrected chi connectivity index (χ3v) is 6.02. The molecule has 1 saturated heterocycles. The number of sulfonamides is 1. The minimum atomic E-state index is -3.64. The van der Waals surface area contributed by atoms with Crippen molar-refractivity contribution in [2.24, 2.45) is 11.7 Å². The zero-order valence-corrected chi connectivity index (χ0v) is 13.5. The number of primary amides is 1. The van der Waals surface area contributed by atoms with Crippen LogP contribution in [0.15, 0.2) is 17.2 Å². The van der Waals surface area contributed by atoms with Gasteiger partial charge in [-0.1, -0.05) is 23.2 Å². The summed E-state index contributed by atoms with van der Waals surface area (Å²) in [5.41, 5.74) is 5.16. The van der Waals surface area contributed by atoms with E-state index in [1.165, 1.54) is 16.6 Å². The molecule has 0 radical (unpaired) electrons. The molecule has 0 spiro atoms. The number of piperidine rings is 1. The molecule has 1 aromatic rings. The van der Waals surface area contributed by atoms with Crippen molar-refractivity contribution in [2.75, 3.05) is 13.1 Å². The smallest absolute Gasteiger partial charge is 0.244 e. The lowest BCUT2D eigenvalue weighted by Crippen LogP contribution is -2.39. The largest absolute Gasteiger partial charge is 0.370 e. The minimum absolute atomic E-state index is 0.0188. The molecule has 0 unspecified atom stereocenters. The number of hydrogen-bond donors (Lipinski definition) is 1. The molecule has 2 heterocycles. The number of pyridine rings is 1. The molecule has 0 saturated carbocycles. The van der Waals surface area contributed by atoms with E-state index < -0.39 is 10.0 Å². The summed E-state index contributed by atoms with van der Waals surface area (Å²) in [6, 6.07) is 1.29. The van der Waals surface area contributed by atoms with Gasteiger partial charge in [-0.05, 0) is 24.8 Å². The summed E-state index contributed by atoms with van der Waals surface area (Å²) < 4.78 is 26.3. The first-order chi connectivity index (χ1) is 9.80. The van der Waals surface area contributed by atoms with Crippen LogP contribution in [0.4, 0.5) is 0 Å². The number of rotatable bonds is 4. The van der Waals surface area contributed by atoms with Crippen LogP contribution in [0.5, 0.6) is 0 Å². The van der Waals surface area contributed by atoms with Crippen LogP contribution in [0.2, 0.25) is 10.2 Å². The minimum Gasteiger partial charge on any atom is -0.370 e. The highest BCUT2D eigenvalue weighted by atomic mass is 35.5. The van der Waals surface area contributed by atoms with Crippen molar-refractivity contribution in [1.82, 2.24) is 9.29 Å². The van der Waals surface area contributed by atoms with Crippen molar-refractivity contribution in [2.45, 2.75) is 24.2 Å². The van der Waals surface area contributed by atoms with Crippen molar-refractivity contribution in [3.63, 3.8) is 0 Å². The molecule has 1 aromatic heterocycles. The van der Waals surface area contributed by atoms with E-state index in [1.54, 1.807) is 0 Å². The van der Waals surface area contributed by atoms with E-state index in [1.807, 2.05) is 0 Å². The molecule has 1 aliphatic rings. The Kier molecular flexibility index (Phi) is 5.08. The molecule has 2 rings (SSSR count). The van der Waals surface area contributed by atoms with Gasteiger partial charge in [0, 0.05) is 25.7 Å². The molecule has 6 nitrogen and oxygen atoms in total. The van der Waals surface area contributed by atoms with Crippen molar-refractivity contribution < 1.29 is 13.2 Å². The molecular formula is C12H15Cl2N3O3S. The lowest BCUT2D eigenvalue weighted by Gasteiger charge is -2.30. The van der Waals surface area contributed by atoms with Gasteiger partial charge in [-0.15, -0.1) is 0 Å². The molecule has 9 heteroatoms. The Labute approximate surface area is 133 Å². The summed E-state index contributed by atoms with van der Waals surface area (Å²) in [5, 5.41) is 0.164. The second-order valence-corrected chi connectivity index (χ2v) is 7.66. The normalized spacial score (nSPS) is 17.8. The Balaban J connectivity index is 2.11. The fourth-order valence-electron chi connectivity index (χ4n) is 2.33. The maximum atomic E-state index is 12.5. The summed E-state index contributed by atoms with van der Waals surface area (Å²) in [4.78, 5) is 14.7.